The van der Waals surface area contributed by atoms with Gasteiger partial charge in [-0.25, -0.2) is 0 Å². The molecule has 2 aromatic carbocycles. The molecule has 0 spiro atoms. The summed E-state index contributed by atoms with van der Waals surface area (Å²) in [7, 11) is 0. The van der Waals surface area contributed by atoms with Crippen LogP contribution in [0.4, 0.5) is 5.69 Å². The molecule has 1 aliphatic rings. The molecule has 3 heterocycles. The van der Waals surface area contributed by atoms with Crippen LogP contribution in [0.5, 0.6) is 0 Å². The summed E-state index contributed by atoms with van der Waals surface area (Å²) >= 11 is 0. The van der Waals surface area contributed by atoms with Crippen molar-refractivity contribution in [1.82, 2.24) is 29.4 Å². The minimum absolute atomic E-state index is 0.0000433. The Morgan fingerprint density at radius 2 is 1.79 bits per heavy atom. The quantitative estimate of drug-likeness (QED) is 0.238. The largest absolute Gasteiger partial charge is 0.379 e. The molecule has 1 fully saturated rings. The lowest BCUT2D eigenvalue weighted by atomic mass is 10.1. The number of hydrogen-bond acceptors (Lipinski definition) is 7. The van der Waals surface area contributed by atoms with Crippen molar-refractivity contribution in [3.05, 3.63) is 69.8 Å². The summed E-state index contributed by atoms with van der Waals surface area (Å²) in [4.78, 5) is 31.0. The van der Waals surface area contributed by atoms with Crippen LogP contribution in [0.25, 0.3) is 16.7 Å². The highest BCUT2D eigenvalue weighted by Crippen LogP contribution is 2.23. The van der Waals surface area contributed by atoms with E-state index in [1.807, 2.05) is 42.5 Å². The summed E-state index contributed by atoms with van der Waals surface area (Å²) in [5, 5.41) is 12.5. The molecular weight excluding hydrogens is 542 g/mol. The van der Waals surface area contributed by atoms with E-state index in [9.17, 15) is 9.59 Å². The molecule has 2 aromatic heterocycles. The van der Waals surface area contributed by atoms with Crippen LogP contribution in [0.1, 0.15) is 50.1 Å². The van der Waals surface area contributed by atoms with Crippen molar-refractivity contribution in [2.24, 2.45) is 0 Å². The van der Waals surface area contributed by atoms with E-state index in [4.69, 9.17) is 4.74 Å². The zero-order valence-corrected chi connectivity index (χ0v) is 26.0. The second-order valence-corrected chi connectivity index (χ2v) is 11.8. The Hall–Kier alpha value is -3.76. The standard InChI is InChI=1S/C33H45N7O3/c1-24(2)43-22-8-17-39-32(42)27-9-5-6-10-28(27)40-30(35-36-33(39)40)13-14-31(41)34-15-7-16-37-18-20-38(21-19-37)29-23-25(3)11-12-26(29)4/h5-6,9-12,23-24H,7-8,13-22H2,1-4H3,(H,34,41). The van der Waals surface area contributed by atoms with Gasteiger partial charge in [-0.2, -0.15) is 0 Å². The fourth-order valence-electron chi connectivity index (χ4n) is 5.84. The highest BCUT2D eigenvalue weighted by atomic mass is 16.5. The number of aromatic nitrogens is 4. The smallest absolute Gasteiger partial charge is 0.262 e. The van der Waals surface area contributed by atoms with Crippen molar-refractivity contribution in [2.75, 3.05) is 50.8 Å². The van der Waals surface area contributed by atoms with Gasteiger partial charge >= 0.3 is 0 Å². The Balaban J connectivity index is 1.12. The van der Waals surface area contributed by atoms with Crippen molar-refractivity contribution in [1.29, 1.82) is 0 Å². The van der Waals surface area contributed by atoms with Gasteiger partial charge in [-0.1, -0.05) is 24.3 Å². The number of aryl methyl sites for hydroxylation is 4. The van der Waals surface area contributed by atoms with E-state index in [-0.39, 0.29) is 17.6 Å². The molecule has 0 saturated carbocycles. The van der Waals surface area contributed by atoms with Crippen LogP contribution < -0.4 is 15.8 Å². The van der Waals surface area contributed by atoms with Gasteiger partial charge in [0.1, 0.15) is 5.82 Å². The monoisotopic (exact) mass is 587 g/mol. The second kappa shape index (κ2) is 14.1. The highest BCUT2D eigenvalue weighted by molar-refractivity contribution is 5.80. The molecular formula is C33H45N7O3. The first-order valence-electron chi connectivity index (χ1n) is 15.6. The van der Waals surface area contributed by atoms with Gasteiger partial charge in [0.05, 0.1) is 17.0 Å². The average Bonchev–Trinajstić information content (AvgIpc) is 3.43. The normalized spacial score (nSPS) is 14.3. The maximum absolute atomic E-state index is 13.3. The Morgan fingerprint density at radius 3 is 2.58 bits per heavy atom. The molecule has 10 heteroatoms. The fourth-order valence-corrected chi connectivity index (χ4v) is 5.84. The van der Waals surface area contributed by atoms with Gasteiger partial charge in [0.2, 0.25) is 11.7 Å². The number of piperazine rings is 1. The number of carbonyl (C=O) groups is 1. The van der Waals surface area contributed by atoms with E-state index in [1.54, 1.807) is 4.57 Å². The van der Waals surface area contributed by atoms with Crippen LogP contribution in [0.2, 0.25) is 0 Å². The molecule has 1 N–H and O–H groups in total. The SMILES string of the molecule is Cc1ccc(C)c(N2CCN(CCCNC(=O)CCc3nnc4n(CCCOC(C)C)c(=O)c5ccccc5n34)CC2)c1. The summed E-state index contributed by atoms with van der Waals surface area (Å²) in [6.45, 7) is 15.1. The average molecular weight is 588 g/mol. The number of anilines is 1. The first-order chi connectivity index (χ1) is 20.8. The zero-order valence-electron chi connectivity index (χ0n) is 26.0. The van der Waals surface area contributed by atoms with Crippen LogP contribution in [-0.4, -0.2) is 82.0 Å². The fraction of sp³-hybridized carbons (Fsp3) is 0.515. The number of para-hydroxylation sites is 1. The Bertz CT molecular complexity index is 1600. The topological polar surface area (TPSA) is 97.0 Å². The van der Waals surface area contributed by atoms with Crippen molar-refractivity contribution < 1.29 is 9.53 Å². The summed E-state index contributed by atoms with van der Waals surface area (Å²) in [5.74, 6) is 1.18. The highest BCUT2D eigenvalue weighted by Gasteiger charge is 2.19. The number of benzene rings is 2. The minimum Gasteiger partial charge on any atom is -0.379 e. The molecule has 230 valence electrons. The van der Waals surface area contributed by atoms with Crippen molar-refractivity contribution in [3.63, 3.8) is 0 Å². The molecule has 0 aliphatic carbocycles. The maximum Gasteiger partial charge on any atom is 0.262 e. The van der Waals surface area contributed by atoms with Crippen molar-refractivity contribution >= 4 is 28.3 Å². The predicted molar refractivity (Wildman–Crippen MR) is 171 cm³/mol. The van der Waals surface area contributed by atoms with Gasteiger partial charge in [0.25, 0.3) is 5.56 Å². The first-order valence-corrected chi connectivity index (χ1v) is 15.6. The summed E-state index contributed by atoms with van der Waals surface area (Å²) < 4.78 is 9.26. The van der Waals surface area contributed by atoms with Crippen LogP contribution >= 0.6 is 0 Å². The molecule has 1 saturated heterocycles. The second-order valence-electron chi connectivity index (χ2n) is 11.8. The lowest BCUT2D eigenvalue weighted by Crippen LogP contribution is -2.47. The predicted octanol–water partition coefficient (Wildman–Crippen LogP) is 3.74. The van der Waals surface area contributed by atoms with Gasteiger partial charge in [0, 0.05) is 64.4 Å². The number of fused-ring (bicyclic) bond motifs is 3. The van der Waals surface area contributed by atoms with Gasteiger partial charge in [-0.3, -0.25) is 23.5 Å². The Labute approximate surface area is 253 Å². The third kappa shape index (κ3) is 7.43. The van der Waals surface area contributed by atoms with E-state index in [0.29, 0.717) is 55.9 Å². The molecule has 0 unspecified atom stereocenters. The van der Waals surface area contributed by atoms with E-state index in [1.165, 1.54) is 16.8 Å². The maximum atomic E-state index is 13.3. The van der Waals surface area contributed by atoms with E-state index >= 15 is 0 Å². The number of carbonyl (C=O) groups excluding carboxylic acids is 1. The lowest BCUT2D eigenvalue weighted by Gasteiger charge is -2.37. The molecule has 0 bridgehead atoms. The number of hydrogen-bond donors (Lipinski definition) is 1. The van der Waals surface area contributed by atoms with Crippen LogP contribution in [-0.2, 0) is 22.5 Å². The van der Waals surface area contributed by atoms with Gasteiger partial charge in [-0.05, 0) is 76.4 Å². The van der Waals surface area contributed by atoms with E-state index < -0.39 is 0 Å². The van der Waals surface area contributed by atoms with Crippen LogP contribution in [0, 0.1) is 13.8 Å². The van der Waals surface area contributed by atoms with Gasteiger partial charge < -0.3 is 15.0 Å². The number of rotatable bonds is 13. The summed E-state index contributed by atoms with van der Waals surface area (Å²) in [6.07, 6.45) is 2.50. The Morgan fingerprint density at radius 1 is 1.00 bits per heavy atom. The van der Waals surface area contributed by atoms with E-state index in [0.717, 1.165) is 44.7 Å². The molecule has 0 atom stereocenters. The Kier molecular flexibility index (Phi) is 10.1. The van der Waals surface area contributed by atoms with E-state index in [2.05, 4.69) is 57.4 Å². The number of nitrogens with one attached hydrogen (secondary N) is 1. The number of nitrogens with zero attached hydrogens (tertiary/aromatic N) is 6. The third-order valence-electron chi connectivity index (χ3n) is 8.18. The molecule has 5 rings (SSSR count). The molecule has 0 radical (unpaired) electrons. The minimum atomic E-state index is -0.0870. The summed E-state index contributed by atoms with van der Waals surface area (Å²) in [6, 6.07) is 14.2. The molecule has 1 aliphatic heterocycles. The van der Waals surface area contributed by atoms with Gasteiger partial charge in [0.15, 0.2) is 0 Å². The lowest BCUT2D eigenvalue weighted by molar-refractivity contribution is -0.121. The number of ether oxygens (including phenoxy) is 1. The molecule has 1 amide bonds. The molecule has 10 nitrogen and oxygen atoms in total. The van der Waals surface area contributed by atoms with Crippen molar-refractivity contribution in [2.45, 2.75) is 66.0 Å². The molecule has 43 heavy (non-hydrogen) atoms. The summed E-state index contributed by atoms with van der Waals surface area (Å²) in [5.41, 5.74) is 4.65. The zero-order chi connectivity index (χ0) is 30.3. The number of amides is 1. The van der Waals surface area contributed by atoms with Crippen LogP contribution in [0.15, 0.2) is 47.3 Å². The first kappa shape index (κ1) is 30.7. The third-order valence-corrected chi connectivity index (χ3v) is 8.18. The molecule has 4 aromatic rings. The van der Waals surface area contributed by atoms with Crippen molar-refractivity contribution in [3.8, 4) is 0 Å². The van der Waals surface area contributed by atoms with Crippen LogP contribution in [0.3, 0.4) is 0 Å². The van der Waals surface area contributed by atoms with Gasteiger partial charge in [-0.15, -0.1) is 10.2 Å².